The van der Waals surface area contributed by atoms with E-state index in [1.54, 1.807) is 0 Å². The summed E-state index contributed by atoms with van der Waals surface area (Å²) in [5, 5.41) is 11.4. The lowest BCUT2D eigenvalue weighted by atomic mass is 10.1. The van der Waals surface area contributed by atoms with Gasteiger partial charge in [-0.25, -0.2) is 0 Å². The first kappa shape index (κ1) is 15.0. The molecule has 0 aliphatic carbocycles. The Bertz CT molecular complexity index is 426. The topological polar surface area (TPSA) is 52.6 Å². The van der Waals surface area contributed by atoms with Gasteiger partial charge in [0.15, 0.2) is 0 Å². The minimum Gasteiger partial charge on any atom is -0.387 e. The highest BCUT2D eigenvalue weighted by atomic mass is 16.3. The number of carbonyl (C=O) groups excluding carboxylic acids is 1. The van der Waals surface area contributed by atoms with E-state index in [2.05, 4.69) is 22.3 Å². The van der Waals surface area contributed by atoms with E-state index >= 15 is 0 Å². The zero-order chi connectivity index (χ0) is 14.2. The summed E-state index contributed by atoms with van der Waals surface area (Å²) in [6.07, 6.45) is 5.30. The van der Waals surface area contributed by atoms with Crippen molar-refractivity contribution in [2.45, 2.75) is 38.8 Å². The fraction of sp³-hybridized carbons (Fsp3) is 0.562. The molecular formula is C16H24N2O2. The molecular weight excluding hydrogens is 252 g/mol. The zero-order valence-corrected chi connectivity index (χ0v) is 12.0. The fourth-order valence-electron chi connectivity index (χ4n) is 2.65. The SMILES string of the molecule is O=C(CO)NCc1cccc(CN2CCCCCC2)c1. The third-order valence-corrected chi connectivity index (χ3v) is 3.73. The Kier molecular flexibility index (Phi) is 6.02. The predicted octanol–water partition coefficient (Wildman–Crippen LogP) is 1.67. The number of rotatable bonds is 5. The summed E-state index contributed by atoms with van der Waals surface area (Å²) in [4.78, 5) is 13.6. The van der Waals surface area contributed by atoms with Gasteiger partial charge in [0.05, 0.1) is 0 Å². The van der Waals surface area contributed by atoms with Crippen molar-refractivity contribution in [2.75, 3.05) is 19.7 Å². The molecule has 1 aliphatic rings. The average Bonchev–Trinajstić information content (AvgIpc) is 2.74. The van der Waals surface area contributed by atoms with Crippen LogP contribution in [-0.4, -0.2) is 35.6 Å². The summed E-state index contributed by atoms with van der Waals surface area (Å²) in [6, 6.07) is 8.32. The first-order valence-corrected chi connectivity index (χ1v) is 7.45. The number of aliphatic hydroxyl groups excluding tert-OH is 1. The molecule has 2 rings (SSSR count). The van der Waals surface area contributed by atoms with Gasteiger partial charge in [-0.15, -0.1) is 0 Å². The number of benzene rings is 1. The summed E-state index contributed by atoms with van der Waals surface area (Å²) < 4.78 is 0. The monoisotopic (exact) mass is 276 g/mol. The van der Waals surface area contributed by atoms with E-state index in [-0.39, 0.29) is 5.91 Å². The highest BCUT2D eigenvalue weighted by Gasteiger charge is 2.09. The molecule has 1 fully saturated rings. The van der Waals surface area contributed by atoms with Gasteiger partial charge in [0.25, 0.3) is 0 Å². The molecule has 1 aliphatic heterocycles. The Labute approximate surface area is 120 Å². The molecule has 110 valence electrons. The number of likely N-dealkylation sites (tertiary alicyclic amines) is 1. The molecule has 1 saturated heterocycles. The van der Waals surface area contributed by atoms with Gasteiger partial charge < -0.3 is 10.4 Å². The lowest BCUT2D eigenvalue weighted by molar-refractivity contribution is -0.123. The summed E-state index contributed by atoms with van der Waals surface area (Å²) in [6.45, 7) is 3.39. The minimum atomic E-state index is -0.451. The van der Waals surface area contributed by atoms with E-state index in [0.717, 1.165) is 12.1 Å². The third kappa shape index (κ3) is 4.94. The summed E-state index contributed by atoms with van der Waals surface area (Å²) in [5.41, 5.74) is 2.38. The Morgan fingerprint density at radius 3 is 2.55 bits per heavy atom. The Morgan fingerprint density at radius 1 is 1.15 bits per heavy atom. The molecule has 0 radical (unpaired) electrons. The Hall–Kier alpha value is -1.39. The van der Waals surface area contributed by atoms with E-state index in [4.69, 9.17) is 5.11 Å². The number of nitrogens with one attached hydrogen (secondary N) is 1. The minimum absolute atomic E-state index is 0.331. The van der Waals surface area contributed by atoms with E-state index in [9.17, 15) is 4.79 Å². The second kappa shape index (κ2) is 8.02. The van der Waals surface area contributed by atoms with Gasteiger partial charge in [-0.2, -0.15) is 0 Å². The van der Waals surface area contributed by atoms with Gasteiger partial charge in [-0.05, 0) is 37.1 Å². The van der Waals surface area contributed by atoms with Crippen molar-refractivity contribution in [3.05, 3.63) is 35.4 Å². The number of amides is 1. The van der Waals surface area contributed by atoms with Crippen LogP contribution < -0.4 is 5.32 Å². The van der Waals surface area contributed by atoms with Crippen LogP contribution in [0.4, 0.5) is 0 Å². The molecule has 0 atom stereocenters. The maximum atomic E-state index is 11.1. The van der Waals surface area contributed by atoms with Crippen molar-refractivity contribution >= 4 is 5.91 Å². The maximum absolute atomic E-state index is 11.1. The Balaban J connectivity index is 1.89. The number of nitrogens with zero attached hydrogens (tertiary/aromatic N) is 1. The van der Waals surface area contributed by atoms with E-state index in [1.165, 1.54) is 44.3 Å². The highest BCUT2D eigenvalue weighted by Crippen LogP contribution is 2.14. The third-order valence-electron chi connectivity index (χ3n) is 3.73. The summed E-state index contributed by atoms with van der Waals surface area (Å²) >= 11 is 0. The lowest BCUT2D eigenvalue weighted by Crippen LogP contribution is -2.26. The first-order valence-electron chi connectivity index (χ1n) is 7.45. The average molecular weight is 276 g/mol. The van der Waals surface area contributed by atoms with Gasteiger partial charge in [0.1, 0.15) is 6.61 Å². The molecule has 0 aromatic heterocycles. The van der Waals surface area contributed by atoms with Crippen LogP contribution >= 0.6 is 0 Å². The molecule has 0 bridgehead atoms. The molecule has 2 N–H and O–H groups in total. The summed E-state index contributed by atoms with van der Waals surface area (Å²) in [5.74, 6) is -0.331. The quantitative estimate of drug-likeness (QED) is 0.860. The van der Waals surface area contributed by atoms with Crippen molar-refractivity contribution in [3.8, 4) is 0 Å². The van der Waals surface area contributed by atoms with Gasteiger partial charge in [-0.3, -0.25) is 9.69 Å². The van der Waals surface area contributed by atoms with Crippen LogP contribution in [0.3, 0.4) is 0 Å². The molecule has 4 heteroatoms. The van der Waals surface area contributed by atoms with Crippen LogP contribution in [-0.2, 0) is 17.9 Å². The number of aliphatic hydroxyl groups is 1. The van der Waals surface area contributed by atoms with Crippen LogP contribution in [0.5, 0.6) is 0 Å². The smallest absolute Gasteiger partial charge is 0.245 e. The zero-order valence-electron chi connectivity index (χ0n) is 12.0. The van der Waals surface area contributed by atoms with Gasteiger partial charge in [0.2, 0.25) is 5.91 Å². The van der Waals surface area contributed by atoms with E-state index in [1.807, 2.05) is 12.1 Å². The molecule has 1 aromatic rings. The fourth-order valence-corrected chi connectivity index (χ4v) is 2.65. The van der Waals surface area contributed by atoms with Crippen molar-refractivity contribution in [1.29, 1.82) is 0 Å². The van der Waals surface area contributed by atoms with Crippen LogP contribution in [0.15, 0.2) is 24.3 Å². The summed E-state index contributed by atoms with van der Waals surface area (Å²) in [7, 11) is 0. The highest BCUT2D eigenvalue weighted by molar-refractivity contribution is 5.76. The van der Waals surface area contributed by atoms with Crippen molar-refractivity contribution in [2.24, 2.45) is 0 Å². The molecule has 1 amide bonds. The lowest BCUT2D eigenvalue weighted by Gasteiger charge is -2.20. The van der Waals surface area contributed by atoms with Crippen molar-refractivity contribution in [1.82, 2.24) is 10.2 Å². The first-order chi connectivity index (χ1) is 9.78. The molecule has 20 heavy (non-hydrogen) atoms. The standard InChI is InChI=1S/C16H24N2O2/c19-13-16(20)17-11-14-6-5-7-15(10-14)12-18-8-3-1-2-4-9-18/h5-7,10,19H,1-4,8-9,11-13H2,(H,17,20). The number of hydrogen-bond donors (Lipinski definition) is 2. The molecule has 0 saturated carbocycles. The van der Waals surface area contributed by atoms with Gasteiger partial charge in [-0.1, -0.05) is 37.1 Å². The molecule has 1 heterocycles. The van der Waals surface area contributed by atoms with E-state index in [0.29, 0.717) is 6.54 Å². The molecule has 4 nitrogen and oxygen atoms in total. The Morgan fingerprint density at radius 2 is 1.85 bits per heavy atom. The second-order valence-electron chi connectivity index (χ2n) is 5.45. The van der Waals surface area contributed by atoms with Crippen LogP contribution in [0.1, 0.15) is 36.8 Å². The normalized spacial score (nSPS) is 16.6. The molecule has 1 aromatic carbocycles. The van der Waals surface area contributed by atoms with Crippen molar-refractivity contribution < 1.29 is 9.90 Å². The van der Waals surface area contributed by atoms with Crippen LogP contribution in [0, 0.1) is 0 Å². The number of carbonyl (C=O) groups is 1. The maximum Gasteiger partial charge on any atom is 0.245 e. The van der Waals surface area contributed by atoms with Crippen LogP contribution in [0.25, 0.3) is 0 Å². The second-order valence-corrected chi connectivity index (χ2v) is 5.45. The molecule has 0 spiro atoms. The van der Waals surface area contributed by atoms with Gasteiger partial charge in [0, 0.05) is 13.1 Å². The van der Waals surface area contributed by atoms with Gasteiger partial charge >= 0.3 is 0 Å². The largest absolute Gasteiger partial charge is 0.387 e. The molecule has 0 unspecified atom stereocenters. The van der Waals surface area contributed by atoms with E-state index < -0.39 is 6.61 Å². The van der Waals surface area contributed by atoms with Crippen LogP contribution in [0.2, 0.25) is 0 Å². The number of hydrogen-bond acceptors (Lipinski definition) is 3. The van der Waals surface area contributed by atoms with Crippen molar-refractivity contribution in [3.63, 3.8) is 0 Å². The predicted molar refractivity (Wildman–Crippen MR) is 79.1 cm³/mol.